The molecule has 218 valence electrons. The zero-order valence-electron chi connectivity index (χ0n) is 25.2. The maximum Gasteiger partial charge on any atom is 0.289 e. The first-order chi connectivity index (χ1) is 23.3. The molecule has 0 radical (unpaired) electrons. The number of para-hydroxylation sites is 5. The molecule has 2 aromatic heterocycles. The molecule has 0 saturated carbocycles. The lowest BCUT2D eigenvalue weighted by Crippen LogP contribution is -2.46. The molecule has 0 spiro atoms. The summed E-state index contributed by atoms with van der Waals surface area (Å²) >= 11 is 1.94. The number of hydrogen-bond donors (Lipinski definition) is 0. The van der Waals surface area contributed by atoms with Crippen molar-refractivity contribution < 1.29 is 4.74 Å². The van der Waals surface area contributed by atoms with Crippen LogP contribution in [0.2, 0.25) is 0 Å². The SMILES string of the molecule is c1ccc2c(c1)Oc1cc(-n3c4ccccc4c4ccccc43)cc3c1B2Sc1cc(-n2c4ccccc4c4ccccc42)ccc1-3. The summed E-state index contributed by atoms with van der Waals surface area (Å²) in [5, 5.41) is 5.06. The van der Waals surface area contributed by atoms with Gasteiger partial charge in [0.1, 0.15) is 11.5 Å². The van der Waals surface area contributed by atoms with Crippen molar-refractivity contribution in [1.82, 2.24) is 9.13 Å². The van der Waals surface area contributed by atoms with Crippen molar-refractivity contribution in [3.05, 3.63) is 152 Å². The maximum atomic E-state index is 6.75. The molecule has 9 aromatic rings. The summed E-state index contributed by atoms with van der Waals surface area (Å²) in [6.45, 7) is 0. The highest BCUT2D eigenvalue weighted by Gasteiger charge is 2.39. The van der Waals surface area contributed by atoms with Crippen molar-refractivity contribution in [3.8, 4) is 34.0 Å². The fourth-order valence-corrected chi connectivity index (χ4v) is 9.43. The van der Waals surface area contributed by atoms with Gasteiger partial charge >= 0.3 is 0 Å². The molecule has 4 heterocycles. The molecule has 0 saturated heterocycles. The smallest absolute Gasteiger partial charge is 0.289 e. The second-order valence-electron chi connectivity index (χ2n) is 12.5. The van der Waals surface area contributed by atoms with Crippen LogP contribution in [0.15, 0.2) is 157 Å². The molecule has 7 aromatic carbocycles. The lowest BCUT2D eigenvalue weighted by molar-refractivity contribution is 0.487. The van der Waals surface area contributed by atoms with E-state index in [1.165, 1.54) is 76.2 Å². The van der Waals surface area contributed by atoms with Gasteiger partial charge < -0.3 is 13.9 Å². The van der Waals surface area contributed by atoms with E-state index in [0.29, 0.717) is 0 Å². The van der Waals surface area contributed by atoms with Crippen LogP contribution in [-0.2, 0) is 0 Å². The van der Waals surface area contributed by atoms with Crippen LogP contribution in [0.5, 0.6) is 11.5 Å². The van der Waals surface area contributed by atoms with Crippen LogP contribution in [0.25, 0.3) is 66.1 Å². The van der Waals surface area contributed by atoms with Crippen LogP contribution in [0.1, 0.15) is 0 Å². The number of rotatable bonds is 2. The van der Waals surface area contributed by atoms with E-state index in [0.717, 1.165) is 17.2 Å². The number of aromatic nitrogens is 2. The van der Waals surface area contributed by atoms with Gasteiger partial charge in [0.2, 0.25) is 0 Å². The molecule has 0 unspecified atom stereocenters. The Morgan fingerprint density at radius 3 is 1.60 bits per heavy atom. The normalized spacial score (nSPS) is 13.1. The van der Waals surface area contributed by atoms with Crippen LogP contribution >= 0.6 is 11.6 Å². The summed E-state index contributed by atoms with van der Waals surface area (Å²) in [5.41, 5.74) is 12.1. The summed E-state index contributed by atoms with van der Waals surface area (Å²) in [6.07, 6.45) is 0. The number of ether oxygens (including phenoxy) is 1. The van der Waals surface area contributed by atoms with Gasteiger partial charge in [-0.15, -0.1) is 0 Å². The van der Waals surface area contributed by atoms with E-state index in [4.69, 9.17) is 4.74 Å². The fraction of sp³-hybridized carbons (Fsp3) is 0. The van der Waals surface area contributed by atoms with Gasteiger partial charge in [-0.2, -0.15) is 11.6 Å². The molecule has 0 aliphatic carbocycles. The number of hydrogen-bond acceptors (Lipinski definition) is 2. The monoisotopic (exact) mass is 616 g/mol. The van der Waals surface area contributed by atoms with Crippen LogP contribution < -0.4 is 15.7 Å². The van der Waals surface area contributed by atoms with Gasteiger partial charge in [-0.3, -0.25) is 0 Å². The lowest BCUT2D eigenvalue weighted by Gasteiger charge is -2.33. The Hall–Kier alpha value is -5.65. The third-order valence-electron chi connectivity index (χ3n) is 9.99. The molecule has 0 amide bonds. The minimum Gasteiger partial charge on any atom is -0.458 e. The van der Waals surface area contributed by atoms with E-state index in [9.17, 15) is 0 Å². The van der Waals surface area contributed by atoms with Gasteiger partial charge in [0.25, 0.3) is 5.99 Å². The highest BCUT2D eigenvalue weighted by molar-refractivity contribution is 8.28. The van der Waals surface area contributed by atoms with Gasteiger partial charge in [0, 0.05) is 38.2 Å². The first-order valence-electron chi connectivity index (χ1n) is 16.0. The average Bonchev–Trinajstić information content (AvgIpc) is 3.64. The second-order valence-corrected chi connectivity index (χ2v) is 13.6. The topological polar surface area (TPSA) is 19.1 Å². The largest absolute Gasteiger partial charge is 0.458 e. The van der Waals surface area contributed by atoms with Gasteiger partial charge in [0.05, 0.1) is 27.8 Å². The molecule has 47 heavy (non-hydrogen) atoms. The van der Waals surface area contributed by atoms with Crippen molar-refractivity contribution >= 4 is 72.1 Å². The van der Waals surface area contributed by atoms with Gasteiger partial charge in [-0.05, 0) is 70.6 Å². The molecule has 3 nitrogen and oxygen atoms in total. The third kappa shape index (κ3) is 3.49. The zero-order valence-corrected chi connectivity index (χ0v) is 26.0. The van der Waals surface area contributed by atoms with Crippen LogP contribution in [-0.4, -0.2) is 15.1 Å². The zero-order chi connectivity index (χ0) is 30.6. The van der Waals surface area contributed by atoms with Crippen molar-refractivity contribution in [2.24, 2.45) is 0 Å². The van der Waals surface area contributed by atoms with Gasteiger partial charge in [-0.25, -0.2) is 0 Å². The van der Waals surface area contributed by atoms with Crippen LogP contribution in [0.3, 0.4) is 0 Å². The standard InChI is InChI=1S/C42H25BN2OS/c1-6-16-35-28(11-1)29-12-2-7-17-36(29)44(35)26-21-22-32-33-23-27(45-37-18-8-3-13-30(37)31-14-4-9-19-38(31)45)24-40-42(33)43(47-41(32)25-26)34-15-5-10-20-39(34)46-40/h1-25H. The van der Waals surface area contributed by atoms with Crippen molar-refractivity contribution in [2.75, 3.05) is 0 Å². The minimum absolute atomic E-state index is 0.137. The van der Waals surface area contributed by atoms with E-state index in [-0.39, 0.29) is 5.99 Å². The Bertz CT molecular complexity index is 2670. The summed E-state index contributed by atoms with van der Waals surface area (Å²) in [7, 11) is 0. The Kier molecular flexibility index (Phi) is 5.13. The van der Waals surface area contributed by atoms with Gasteiger partial charge in [-0.1, -0.05) is 97.1 Å². The van der Waals surface area contributed by atoms with Crippen molar-refractivity contribution in [3.63, 3.8) is 0 Å². The number of benzene rings is 7. The highest BCUT2D eigenvalue weighted by Crippen LogP contribution is 2.46. The van der Waals surface area contributed by atoms with E-state index < -0.39 is 0 Å². The predicted octanol–water partition coefficient (Wildman–Crippen LogP) is 9.86. The third-order valence-corrected chi connectivity index (χ3v) is 11.3. The summed E-state index contributed by atoms with van der Waals surface area (Å²) in [5.74, 6) is 2.01. The molecule has 0 fully saturated rings. The highest BCUT2D eigenvalue weighted by atomic mass is 32.2. The average molecular weight is 617 g/mol. The minimum atomic E-state index is 0.137. The Morgan fingerprint density at radius 1 is 0.447 bits per heavy atom. The fourth-order valence-electron chi connectivity index (χ4n) is 8.00. The van der Waals surface area contributed by atoms with E-state index in [1.54, 1.807) is 0 Å². The molecule has 0 atom stereocenters. The summed E-state index contributed by atoms with van der Waals surface area (Å²) in [6, 6.07) is 55.1. The van der Waals surface area contributed by atoms with E-state index >= 15 is 0 Å². The first-order valence-corrected chi connectivity index (χ1v) is 16.9. The Morgan fingerprint density at radius 2 is 0.979 bits per heavy atom. The lowest BCUT2D eigenvalue weighted by atomic mass is 9.57. The quantitative estimate of drug-likeness (QED) is 0.180. The molecule has 11 rings (SSSR count). The first kappa shape index (κ1) is 25.5. The summed E-state index contributed by atoms with van der Waals surface area (Å²) in [4.78, 5) is 1.28. The molecular weight excluding hydrogens is 591 g/mol. The van der Waals surface area contributed by atoms with Crippen LogP contribution in [0.4, 0.5) is 0 Å². The number of nitrogens with zero attached hydrogens (tertiary/aromatic N) is 2. The van der Waals surface area contributed by atoms with E-state index in [1.807, 2.05) is 11.6 Å². The number of fused-ring (bicyclic) bond motifs is 10. The molecule has 0 N–H and O–H groups in total. The van der Waals surface area contributed by atoms with Crippen molar-refractivity contribution in [2.45, 2.75) is 4.90 Å². The predicted molar refractivity (Wildman–Crippen MR) is 198 cm³/mol. The second kappa shape index (κ2) is 9.44. The summed E-state index contributed by atoms with van der Waals surface area (Å²) < 4.78 is 11.6. The molecule has 5 heteroatoms. The van der Waals surface area contributed by atoms with Crippen molar-refractivity contribution in [1.29, 1.82) is 0 Å². The molecule has 2 aliphatic heterocycles. The Labute approximate surface area is 275 Å². The van der Waals surface area contributed by atoms with Crippen LogP contribution in [0, 0.1) is 0 Å². The maximum absolute atomic E-state index is 6.75. The molecular formula is C42H25BN2OS. The van der Waals surface area contributed by atoms with Gasteiger partial charge in [0.15, 0.2) is 0 Å². The molecule has 0 bridgehead atoms. The Balaban J connectivity index is 1.19. The van der Waals surface area contributed by atoms with E-state index in [2.05, 4.69) is 161 Å². The molecule has 2 aliphatic rings.